The molecule has 0 unspecified atom stereocenters. The van der Waals surface area contributed by atoms with Gasteiger partial charge >= 0.3 is 0 Å². The highest BCUT2D eigenvalue weighted by Crippen LogP contribution is 2.34. The summed E-state index contributed by atoms with van der Waals surface area (Å²) in [5, 5.41) is 10.4. The Morgan fingerprint density at radius 1 is 1.03 bits per heavy atom. The van der Waals surface area contributed by atoms with Gasteiger partial charge in [-0.25, -0.2) is 4.68 Å². The molecule has 1 aliphatic heterocycles. The molecule has 1 aliphatic rings. The number of nitrogens with zero attached hydrogens (tertiary/aromatic N) is 2. The van der Waals surface area contributed by atoms with Crippen LogP contribution in [0.2, 0.25) is 0 Å². The van der Waals surface area contributed by atoms with Gasteiger partial charge in [-0.3, -0.25) is 9.59 Å². The normalized spacial score (nSPS) is 12.2. The number of para-hydroxylation sites is 2. The van der Waals surface area contributed by atoms with E-state index in [-0.39, 0.29) is 25.0 Å². The number of hydrogen-bond donors (Lipinski definition) is 2. The van der Waals surface area contributed by atoms with Crippen LogP contribution in [0.5, 0.6) is 11.5 Å². The van der Waals surface area contributed by atoms with Gasteiger partial charge in [0.2, 0.25) is 5.91 Å². The van der Waals surface area contributed by atoms with Gasteiger partial charge in [-0.15, -0.1) is 0 Å². The van der Waals surface area contributed by atoms with Crippen LogP contribution in [0.25, 0.3) is 0 Å². The smallest absolute Gasteiger partial charge is 0.263 e. The van der Waals surface area contributed by atoms with Crippen molar-refractivity contribution in [2.24, 2.45) is 0 Å². The third-order valence-corrected chi connectivity index (χ3v) is 6.15. The first-order valence-electron chi connectivity index (χ1n) is 10.7. The van der Waals surface area contributed by atoms with E-state index in [1.165, 1.54) is 0 Å². The van der Waals surface area contributed by atoms with Crippen LogP contribution in [0.3, 0.4) is 0 Å². The molecule has 172 valence electrons. The molecule has 1 aromatic heterocycles. The Morgan fingerprint density at radius 3 is 2.58 bits per heavy atom. The SMILES string of the molecule is COc1ccccc1OCC(=O)Nc1c2c(nn1CC(=O)NCCc1ccccc1)CSC2. The van der Waals surface area contributed by atoms with Crippen LogP contribution in [0.1, 0.15) is 16.8 Å². The molecule has 0 radical (unpaired) electrons. The highest BCUT2D eigenvalue weighted by Gasteiger charge is 2.25. The molecule has 0 saturated heterocycles. The van der Waals surface area contributed by atoms with Gasteiger partial charge in [-0.05, 0) is 24.1 Å². The van der Waals surface area contributed by atoms with Gasteiger partial charge in [-0.2, -0.15) is 16.9 Å². The van der Waals surface area contributed by atoms with Gasteiger partial charge in [0.15, 0.2) is 18.1 Å². The van der Waals surface area contributed by atoms with Gasteiger partial charge < -0.3 is 20.1 Å². The molecule has 0 spiro atoms. The van der Waals surface area contributed by atoms with Crippen molar-refractivity contribution in [2.75, 3.05) is 25.6 Å². The van der Waals surface area contributed by atoms with Crippen molar-refractivity contribution in [2.45, 2.75) is 24.5 Å². The monoisotopic (exact) mass is 466 g/mol. The van der Waals surface area contributed by atoms with Gasteiger partial charge in [0.25, 0.3) is 5.91 Å². The van der Waals surface area contributed by atoms with Crippen molar-refractivity contribution in [1.29, 1.82) is 0 Å². The summed E-state index contributed by atoms with van der Waals surface area (Å²) in [6, 6.07) is 17.1. The Hall–Kier alpha value is -3.46. The Labute approximate surface area is 196 Å². The largest absolute Gasteiger partial charge is 0.493 e. The van der Waals surface area contributed by atoms with Crippen molar-refractivity contribution in [1.82, 2.24) is 15.1 Å². The molecule has 2 amide bonds. The minimum Gasteiger partial charge on any atom is -0.493 e. The average Bonchev–Trinajstić information content (AvgIpc) is 3.41. The molecule has 2 N–H and O–H groups in total. The van der Waals surface area contributed by atoms with Gasteiger partial charge in [0.1, 0.15) is 12.4 Å². The summed E-state index contributed by atoms with van der Waals surface area (Å²) in [5.41, 5.74) is 3.02. The molecule has 8 nitrogen and oxygen atoms in total. The van der Waals surface area contributed by atoms with E-state index >= 15 is 0 Å². The quantitative estimate of drug-likeness (QED) is 0.477. The Kier molecular flexibility index (Phi) is 7.51. The van der Waals surface area contributed by atoms with Crippen molar-refractivity contribution in [3.8, 4) is 11.5 Å². The third-order valence-electron chi connectivity index (χ3n) is 5.18. The number of fused-ring (bicyclic) bond motifs is 1. The second-order valence-corrected chi connectivity index (χ2v) is 8.48. The lowest BCUT2D eigenvalue weighted by Gasteiger charge is -2.13. The van der Waals surface area contributed by atoms with E-state index in [4.69, 9.17) is 9.47 Å². The first kappa shape index (κ1) is 22.7. The number of nitrogens with one attached hydrogen (secondary N) is 2. The minimum absolute atomic E-state index is 0.0371. The summed E-state index contributed by atoms with van der Waals surface area (Å²) in [5.74, 6) is 2.63. The lowest BCUT2D eigenvalue weighted by Crippen LogP contribution is -2.31. The molecule has 9 heteroatoms. The molecule has 2 heterocycles. The molecule has 0 aliphatic carbocycles. The van der Waals surface area contributed by atoms with E-state index in [0.717, 1.165) is 34.7 Å². The zero-order valence-corrected chi connectivity index (χ0v) is 19.2. The number of benzene rings is 2. The zero-order valence-electron chi connectivity index (χ0n) is 18.4. The molecule has 3 aromatic rings. The highest BCUT2D eigenvalue weighted by molar-refractivity contribution is 7.98. The fourth-order valence-electron chi connectivity index (χ4n) is 3.55. The number of hydrogen-bond acceptors (Lipinski definition) is 6. The predicted molar refractivity (Wildman–Crippen MR) is 128 cm³/mol. The van der Waals surface area contributed by atoms with Gasteiger partial charge in [0.05, 0.1) is 12.8 Å². The number of thioether (sulfide) groups is 1. The fraction of sp³-hybridized carbons (Fsp3) is 0.292. The maximum atomic E-state index is 12.6. The van der Waals surface area contributed by atoms with Crippen molar-refractivity contribution in [3.05, 3.63) is 71.4 Å². The van der Waals surface area contributed by atoms with Crippen LogP contribution in [-0.4, -0.2) is 41.9 Å². The molecule has 4 rings (SSSR count). The maximum Gasteiger partial charge on any atom is 0.263 e. The van der Waals surface area contributed by atoms with E-state index in [1.54, 1.807) is 35.7 Å². The molecule has 0 saturated carbocycles. The van der Waals surface area contributed by atoms with E-state index in [0.29, 0.717) is 23.9 Å². The van der Waals surface area contributed by atoms with E-state index in [1.807, 2.05) is 42.5 Å². The lowest BCUT2D eigenvalue weighted by molar-refractivity contribution is -0.122. The van der Waals surface area contributed by atoms with Crippen molar-refractivity contribution in [3.63, 3.8) is 0 Å². The number of aromatic nitrogens is 2. The topological polar surface area (TPSA) is 94.5 Å². The lowest BCUT2D eigenvalue weighted by atomic mass is 10.1. The second-order valence-electron chi connectivity index (χ2n) is 7.50. The Bertz CT molecular complexity index is 1120. The van der Waals surface area contributed by atoms with Crippen LogP contribution < -0.4 is 20.1 Å². The molecule has 2 aromatic carbocycles. The number of methoxy groups -OCH3 is 1. The number of rotatable bonds is 10. The summed E-state index contributed by atoms with van der Waals surface area (Å²) in [6.45, 7) is 0.389. The van der Waals surface area contributed by atoms with Crippen molar-refractivity contribution < 1.29 is 19.1 Å². The number of ether oxygens (including phenoxy) is 2. The third kappa shape index (κ3) is 5.87. The standard InChI is InChI=1S/C24H26N4O4S/c1-31-20-9-5-6-10-21(20)32-14-23(30)26-24-18-15-33-16-19(18)27-28(24)13-22(29)25-12-11-17-7-3-2-4-8-17/h2-10H,11-16H2,1H3,(H,25,29)(H,26,30). The fourth-order valence-corrected chi connectivity index (χ4v) is 4.59. The maximum absolute atomic E-state index is 12.6. The zero-order chi connectivity index (χ0) is 23.0. The van der Waals surface area contributed by atoms with Crippen LogP contribution in [-0.2, 0) is 34.1 Å². The first-order chi connectivity index (χ1) is 16.1. The van der Waals surface area contributed by atoms with Crippen LogP contribution in [0.4, 0.5) is 5.82 Å². The molecular weight excluding hydrogens is 440 g/mol. The summed E-state index contributed by atoms with van der Waals surface area (Å²) >= 11 is 1.73. The summed E-state index contributed by atoms with van der Waals surface area (Å²) < 4.78 is 12.4. The van der Waals surface area contributed by atoms with Gasteiger partial charge in [0, 0.05) is 23.6 Å². The molecule has 33 heavy (non-hydrogen) atoms. The molecular formula is C24H26N4O4S. The van der Waals surface area contributed by atoms with Crippen LogP contribution in [0, 0.1) is 0 Å². The summed E-state index contributed by atoms with van der Waals surface area (Å²) in [7, 11) is 1.55. The summed E-state index contributed by atoms with van der Waals surface area (Å²) in [4.78, 5) is 25.1. The number of carbonyl (C=O) groups excluding carboxylic acids is 2. The van der Waals surface area contributed by atoms with E-state index in [9.17, 15) is 9.59 Å². The number of amides is 2. The average molecular weight is 467 g/mol. The Balaban J connectivity index is 1.35. The molecule has 0 atom stereocenters. The molecule has 0 bridgehead atoms. The van der Waals surface area contributed by atoms with Crippen LogP contribution in [0.15, 0.2) is 54.6 Å². The molecule has 0 fully saturated rings. The van der Waals surface area contributed by atoms with Gasteiger partial charge in [-0.1, -0.05) is 42.5 Å². The minimum atomic E-state index is -0.328. The number of anilines is 1. The van der Waals surface area contributed by atoms with Crippen molar-refractivity contribution >= 4 is 29.4 Å². The van der Waals surface area contributed by atoms with E-state index < -0.39 is 0 Å². The van der Waals surface area contributed by atoms with Crippen LogP contribution >= 0.6 is 11.8 Å². The van der Waals surface area contributed by atoms with E-state index in [2.05, 4.69) is 15.7 Å². The number of carbonyl (C=O) groups is 2. The summed E-state index contributed by atoms with van der Waals surface area (Å²) in [6.07, 6.45) is 0.753. The predicted octanol–water partition coefficient (Wildman–Crippen LogP) is 3.01. The second kappa shape index (κ2) is 10.9. The highest BCUT2D eigenvalue weighted by atomic mass is 32.2. The Morgan fingerprint density at radius 2 is 1.79 bits per heavy atom. The first-order valence-corrected chi connectivity index (χ1v) is 11.8.